The van der Waals surface area contributed by atoms with Crippen molar-refractivity contribution in [2.45, 2.75) is 130 Å². The Kier molecular flexibility index (Phi) is 20.9. The molecule has 0 saturated heterocycles. The number of hydrogen-bond acceptors (Lipinski definition) is 4. The van der Waals surface area contributed by atoms with Crippen LogP contribution in [0.3, 0.4) is 0 Å². The minimum atomic E-state index is -1.17. The Morgan fingerprint density at radius 3 is 1.34 bits per heavy atom. The van der Waals surface area contributed by atoms with Crippen LogP contribution in [0.4, 0.5) is 0 Å². The highest BCUT2D eigenvalue weighted by atomic mass is 16.4. The van der Waals surface area contributed by atoms with Crippen LogP contribution >= 0.6 is 0 Å². The number of unbranched alkanes of at least 4 members (excludes halogenated alkanes) is 12. The van der Waals surface area contributed by atoms with Crippen molar-refractivity contribution >= 4 is 17.9 Å². The van der Waals surface area contributed by atoms with E-state index in [1.165, 1.54) is 64.2 Å². The lowest BCUT2D eigenvalue weighted by Crippen LogP contribution is -2.55. The number of nitrogens with zero attached hydrogens (tertiary/aromatic N) is 1. The van der Waals surface area contributed by atoms with Crippen LogP contribution in [-0.4, -0.2) is 52.2 Å². The van der Waals surface area contributed by atoms with Gasteiger partial charge in [-0.25, -0.2) is 0 Å². The van der Waals surface area contributed by atoms with Crippen LogP contribution in [0.5, 0.6) is 0 Å². The summed E-state index contributed by atoms with van der Waals surface area (Å²) in [5, 5.41) is 31.3. The molecule has 7 nitrogen and oxygen atoms in total. The number of hydrogen-bond donors (Lipinski definition) is 2. The zero-order valence-electron chi connectivity index (χ0n) is 24.8. The van der Waals surface area contributed by atoms with Gasteiger partial charge in [-0.05, 0) is 38.2 Å². The number of quaternary nitrogens is 1. The van der Waals surface area contributed by atoms with E-state index in [-0.39, 0.29) is 24.1 Å². The predicted molar refractivity (Wildman–Crippen MR) is 151 cm³/mol. The van der Waals surface area contributed by atoms with Gasteiger partial charge in [-0.3, -0.25) is 14.1 Å². The second-order valence-corrected chi connectivity index (χ2v) is 11.1. The highest BCUT2D eigenvalue weighted by Crippen LogP contribution is 2.25. The molecular weight excluding hydrogens is 482 g/mol. The molecule has 222 valence electrons. The molecule has 7 heteroatoms. The molecule has 0 radical (unpaired) electrons. The van der Waals surface area contributed by atoms with Gasteiger partial charge in [-0.1, -0.05) is 98.3 Å². The van der Waals surface area contributed by atoms with Crippen molar-refractivity contribution in [3.05, 3.63) is 12.3 Å². The van der Waals surface area contributed by atoms with E-state index in [1.54, 1.807) is 20.8 Å². The Morgan fingerprint density at radius 1 is 0.632 bits per heavy atom. The summed E-state index contributed by atoms with van der Waals surface area (Å²) in [7, 11) is 0. The third-order valence-electron chi connectivity index (χ3n) is 7.91. The van der Waals surface area contributed by atoms with E-state index in [0.29, 0.717) is 19.3 Å². The minimum Gasteiger partial charge on any atom is -0.550 e. The highest BCUT2D eigenvalue weighted by molar-refractivity contribution is 5.71. The molecule has 38 heavy (non-hydrogen) atoms. The third-order valence-corrected chi connectivity index (χ3v) is 7.91. The Morgan fingerprint density at radius 2 is 1.00 bits per heavy atom. The summed E-state index contributed by atoms with van der Waals surface area (Å²) in [6.45, 7) is 8.10. The summed E-state index contributed by atoms with van der Waals surface area (Å²) in [5.74, 6) is -5.18. The van der Waals surface area contributed by atoms with Crippen LogP contribution < -0.4 is 5.11 Å². The maximum atomic E-state index is 11.9. The maximum Gasteiger partial charge on any atom is 0.312 e. The minimum absolute atomic E-state index is 0.0420. The lowest BCUT2D eigenvalue weighted by molar-refractivity contribution is -0.887. The largest absolute Gasteiger partial charge is 0.550 e. The smallest absolute Gasteiger partial charge is 0.312 e. The topological polar surface area (TPSA) is 115 Å². The Labute approximate surface area is 232 Å². The molecule has 0 aromatic carbocycles. The normalized spacial score (nSPS) is 15.7. The number of allylic oxidation sites excluding steroid dienone is 1. The number of carbonyl (C=O) groups excluding carboxylic acids is 1. The fraction of sp³-hybridized carbons (Fsp3) is 0.839. The fourth-order valence-corrected chi connectivity index (χ4v) is 5.26. The van der Waals surface area contributed by atoms with Gasteiger partial charge >= 0.3 is 11.9 Å². The van der Waals surface area contributed by atoms with Crippen LogP contribution in [0.15, 0.2) is 12.3 Å². The van der Waals surface area contributed by atoms with Crippen LogP contribution in [0.2, 0.25) is 0 Å². The van der Waals surface area contributed by atoms with Crippen molar-refractivity contribution < 1.29 is 34.2 Å². The molecule has 0 aromatic rings. The number of rotatable bonds is 26. The van der Waals surface area contributed by atoms with Crippen molar-refractivity contribution in [2.75, 3.05) is 19.6 Å². The summed E-state index contributed by atoms with van der Waals surface area (Å²) in [6.07, 6.45) is 21.1. The van der Waals surface area contributed by atoms with Crippen molar-refractivity contribution in [1.29, 1.82) is 0 Å². The first kappa shape index (κ1) is 36.1. The molecule has 0 aliphatic heterocycles. The molecule has 0 spiro atoms. The average Bonchev–Trinajstić information content (AvgIpc) is 2.88. The molecule has 2 N–H and O–H groups in total. The lowest BCUT2D eigenvalue weighted by Gasteiger charge is -2.41. The Hall–Kier alpha value is -1.89. The molecule has 0 aliphatic carbocycles. The predicted octanol–water partition coefficient (Wildman–Crippen LogP) is 6.41. The fourth-order valence-electron chi connectivity index (χ4n) is 5.26. The summed E-state index contributed by atoms with van der Waals surface area (Å²) in [4.78, 5) is 35.6. The number of carbonyl (C=O) groups is 3. The van der Waals surface area contributed by atoms with Gasteiger partial charge in [0.05, 0.1) is 31.8 Å². The lowest BCUT2D eigenvalue weighted by atomic mass is 9.96. The molecule has 0 bridgehead atoms. The van der Waals surface area contributed by atoms with Gasteiger partial charge < -0.3 is 20.1 Å². The first-order chi connectivity index (χ1) is 18.2. The molecule has 0 aromatic heterocycles. The standard InChI is InChI=1S/C31H57NO6/c1-5-9-10-11-12-13-14-15-16-17-18-19-20-21-22-32(23-26(6-2)29(33)34,24-27(7-3)30(35)36)25-28(8-4)31(37)38/h21-22,26-28H,5-20,23-25H2,1-4H3,(H2-,33,34,35,36,37,38)/b22-21+. The molecule has 0 fully saturated rings. The Balaban J connectivity index is 5.16. The van der Waals surface area contributed by atoms with E-state index in [2.05, 4.69) is 6.92 Å². The number of carboxylic acid groups (broad SMARTS) is 3. The van der Waals surface area contributed by atoms with Crippen molar-refractivity contribution in [2.24, 2.45) is 17.8 Å². The van der Waals surface area contributed by atoms with E-state index in [9.17, 15) is 29.7 Å². The molecular formula is C31H57NO6. The molecule has 0 rings (SSSR count). The van der Waals surface area contributed by atoms with E-state index in [4.69, 9.17) is 0 Å². The van der Waals surface area contributed by atoms with Gasteiger partial charge in [-0.2, -0.15) is 0 Å². The summed E-state index contributed by atoms with van der Waals surface area (Å²) >= 11 is 0. The van der Waals surface area contributed by atoms with Gasteiger partial charge in [-0.15, -0.1) is 0 Å². The molecule has 0 saturated carbocycles. The van der Waals surface area contributed by atoms with E-state index < -0.39 is 35.7 Å². The van der Waals surface area contributed by atoms with Gasteiger partial charge in [0.25, 0.3) is 0 Å². The van der Waals surface area contributed by atoms with Crippen molar-refractivity contribution in [3.8, 4) is 0 Å². The zero-order valence-corrected chi connectivity index (χ0v) is 24.8. The second kappa shape index (κ2) is 22.0. The molecule has 0 amide bonds. The molecule has 0 aliphatic rings. The number of aliphatic carboxylic acids is 3. The van der Waals surface area contributed by atoms with Crippen LogP contribution in [0.1, 0.15) is 130 Å². The van der Waals surface area contributed by atoms with Gasteiger partial charge in [0.1, 0.15) is 11.8 Å². The first-order valence-corrected chi connectivity index (χ1v) is 15.4. The quantitative estimate of drug-likeness (QED) is 0.0970. The second-order valence-electron chi connectivity index (χ2n) is 11.1. The van der Waals surface area contributed by atoms with Gasteiger partial charge in [0.2, 0.25) is 0 Å². The average molecular weight is 540 g/mol. The third kappa shape index (κ3) is 16.2. The Bertz CT molecular complexity index is 617. The summed E-state index contributed by atoms with van der Waals surface area (Å²) < 4.78 is 0.0420. The highest BCUT2D eigenvalue weighted by Gasteiger charge is 2.38. The van der Waals surface area contributed by atoms with Crippen molar-refractivity contribution in [1.82, 2.24) is 0 Å². The number of carboxylic acids is 3. The van der Waals surface area contributed by atoms with Gasteiger partial charge in [0, 0.05) is 5.92 Å². The molecule has 0 heterocycles. The van der Waals surface area contributed by atoms with Crippen molar-refractivity contribution in [3.63, 3.8) is 0 Å². The van der Waals surface area contributed by atoms with E-state index in [0.717, 1.165) is 19.3 Å². The van der Waals surface area contributed by atoms with Crippen LogP contribution in [0, 0.1) is 17.8 Å². The monoisotopic (exact) mass is 539 g/mol. The van der Waals surface area contributed by atoms with Crippen LogP contribution in [0.25, 0.3) is 0 Å². The first-order valence-electron chi connectivity index (χ1n) is 15.4. The van der Waals surface area contributed by atoms with Crippen LogP contribution in [-0.2, 0) is 14.4 Å². The zero-order chi connectivity index (χ0) is 28.8. The van der Waals surface area contributed by atoms with E-state index in [1.807, 2.05) is 12.3 Å². The summed E-state index contributed by atoms with van der Waals surface area (Å²) in [6, 6.07) is 0. The maximum absolute atomic E-state index is 11.9. The molecule has 3 atom stereocenters. The molecule has 3 unspecified atom stereocenters. The SMILES string of the molecule is CCCCCCCCCCCCCC/C=C/[N+](CC(CC)C(=O)[O-])(CC(CC)C(=O)O)CC(CC)C(=O)O. The van der Waals surface area contributed by atoms with Gasteiger partial charge in [0.15, 0.2) is 0 Å². The summed E-state index contributed by atoms with van der Waals surface area (Å²) in [5.41, 5.74) is 0. The van der Waals surface area contributed by atoms with E-state index >= 15 is 0 Å².